The third kappa shape index (κ3) is 2.23. The molecule has 4 nitrogen and oxygen atoms in total. The van der Waals surface area contributed by atoms with Gasteiger partial charge in [-0.05, 0) is 23.5 Å². The van der Waals surface area contributed by atoms with Crippen LogP contribution in [0, 0.1) is 5.92 Å². The van der Waals surface area contributed by atoms with Crippen molar-refractivity contribution >= 4 is 11.9 Å². The van der Waals surface area contributed by atoms with Crippen molar-refractivity contribution in [1.82, 2.24) is 5.32 Å². The number of fused-ring (bicyclic) bond motifs is 1. The van der Waals surface area contributed by atoms with Crippen molar-refractivity contribution in [3.05, 3.63) is 35.4 Å². The largest absolute Gasteiger partial charge is 0.480 e. The zero-order chi connectivity index (χ0) is 13.3. The maximum absolute atomic E-state index is 12.0. The SMILES string of the molecule is CC(C)[C@H](NC(=O)C1Cc2ccccc21)C(=O)O. The Morgan fingerprint density at radius 3 is 2.56 bits per heavy atom. The molecule has 1 aliphatic carbocycles. The molecule has 4 heteroatoms. The quantitative estimate of drug-likeness (QED) is 0.848. The summed E-state index contributed by atoms with van der Waals surface area (Å²) in [7, 11) is 0. The van der Waals surface area contributed by atoms with Gasteiger partial charge in [-0.1, -0.05) is 38.1 Å². The maximum atomic E-state index is 12.0. The summed E-state index contributed by atoms with van der Waals surface area (Å²) in [5.74, 6) is -1.48. The Kier molecular flexibility index (Phi) is 3.36. The lowest BCUT2D eigenvalue weighted by molar-refractivity contribution is -0.143. The van der Waals surface area contributed by atoms with Crippen LogP contribution in [0.2, 0.25) is 0 Å². The molecule has 0 radical (unpaired) electrons. The van der Waals surface area contributed by atoms with Crippen molar-refractivity contribution in [1.29, 1.82) is 0 Å². The predicted molar refractivity (Wildman–Crippen MR) is 67.3 cm³/mol. The molecule has 1 amide bonds. The Bertz CT molecular complexity index is 482. The molecule has 0 aromatic heterocycles. The minimum Gasteiger partial charge on any atom is -0.480 e. The molecule has 96 valence electrons. The van der Waals surface area contributed by atoms with Crippen LogP contribution in [-0.4, -0.2) is 23.0 Å². The monoisotopic (exact) mass is 247 g/mol. The molecule has 2 N–H and O–H groups in total. The van der Waals surface area contributed by atoms with Gasteiger partial charge in [-0.2, -0.15) is 0 Å². The Hall–Kier alpha value is -1.84. The number of carbonyl (C=O) groups is 2. The third-order valence-corrected chi connectivity index (χ3v) is 3.40. The van der Waals surface area contributed by atoms with E-state index in [-0.39, 0.29) is 17.7 Å². The highest BCUT2D eigenvalue weighted by Crippen LogP contribution is 2.34. The van der Waals surface area contributed by atoms with E-state index in [2.05, 4.69) is 5.32 Å². The number of amides is 1. The van der Waals surface area contributed by atoms with Gasteiger partial charge in [0.1, 0.15) is 6.04 Å². The Morgan fingerprint density at radius 2 is 2.00 bits per heavy atom. The van der Waals surface area contributed by atoms with E-state index in [1.165, 1.54) is 5.56 Å². The summed E-state index contributed by atoms with van der Waals surface area (Å²) in [5.41, 5.74) is 2.19. The fraction of sp³-hybridized carbons (Fsp3) is 0.429. The molecule has 1 aliphatic rings. The third-order valence-electron chi connectivity index (χ3n) is 3.40. The second-order valence-electron chi connectivity index (χ2n) is 5.02. The lowest BCUT2D eigenvalue weighted by Crippen LogP contribution is -2.47. The van der Waals surface area contributed by atoms with Crippen molar-refractivity contribution in [2.75, 3.05) is 0 Å². The number of carboxylic acids is 1. The first-order chi connectivity index (χ1) is 8.50. The second kappa shape index (κ2) is 4.80. The Morgan fingerprint density at radius 1 is 1.33 bits per heavy atom. The van der Waals surface area contributed by atoms with Crippen molar-refractivity contribution < 1.29 is 14.7 Å². The van der Waals surface area contributed by atoms with Crippen LogP contribution in [0.4, 0.5) is 0 Å². The summed E-state index contributed by atoms with van der Waals surface area (Å²) < 4.78 is 0. The first kappa shape index (κ1) is 12.6. The van der Waals surface area contributed by atoms with Crippen molar-refractivity contribution in [2.45, 2.75) is 32.2 Å². The van der Waals surface area contributed by atoms with Gasteiger partial charge in [0.25, 0.3) is 0 Å². The zero-order valence-electron chi connectivity index (χ0n) is 10.5. The van der Waals surface area contributed by atoms with Crippen LogP contribution in [0.15, 0.2) is 24.3 Å². The highest BCUT2D eigenvalue weighted by molar-refractivity contribution is 5.90. The van der Waals surface area contributed by atoms with E-state index in [1.807, 2.05) is 24.3 Å². The first-order valence-corrected chi connectivity index (χ1v) is 6.11. The van der Waals surface area contributed by atoms with E-state index in [4.69, 9.17) is 5.11 Å². The van der Waals surface area contributed by atoms with Crippen LogP contribution >= 0.6 is 0 Å². The average molecular weight is 247 g/mol. The van der Waals surface area contributed by atoms with Crippen LogP contribution in [0.5, 0.6) is 0 Å². The van der Waals surface area contributed by atoms with Gasteiger partial charge in [0.15, 0.2) is 0 Å². The standard InChI is InChI=1S/C14H17NO3/c1-8(2)12(14(17)18)15-13(16)11-7-9-5-3-4-6-10(9)11/h3-6,8,11-12H,7H2,1-2H3,(H,15,16)(H,17,18)/t11?,12-/m0/s1. The molecule has 1 aromatic rings. The summed E-state index contributed by atoms with van der Waals surface area (Å²) >= 11 is 0. The number of carbonyl (C=O) groups excluding carboxylic acids is 1. The normalized spacial score (nSPS) is 18.7. The van der Waals surface area contributed by atoms with E-state index in [9.17, 15) is 9.59 Å². The number of benzene rings is 1. The molecular formula is C14H17NO3. The molecule has 0 fully saturated rings. The van der Waals surface area contributed by atoms with Crippen LogP contribution in [-0.2, 0) is 16.0 Å². The van der Waals surface area contributed by atoms with E-state index >= 15 is 0 Å². The van der Waals surface area contributed by atoms with Gasteiger partial charge in [0.2, 0.25) is 5.91 Å². The number of aliphatic carboxylic acids is 1. The molecule has 2 atom stereocenters. The van der Waals surface area contributed by atoms with Gasteiger partial charge in [0, 0.05) is 0 Å². The number of hydrogen-bond donors (Lipinski definition) is 2. The summed E-state index contributed by atoms with van der Waals surface area (Å²) in [6, 6.07) is 6.95. The number of carboxylic acid groups (broad SMARTS) is 1. The van der Waals surface area contributed by atoms with Crippen LogP contribution in [0.1, 0.15) is 30.9 Å². The fourth-order valence-electron chi connectivity index (χ4n) is 2.26. The van der Waals surface area contributed by atoms with E-state index in [1.54, 1.807) is 13.8 Å². The minimum atomic E-state index is -0.981. The van der Waals surface area contributed by atoms with Gasteiger partial charge in [-0.15, -0.1) is 0 Å². The summed E-state index contributed by atoms with van der Waals surface area (Å²) in [6.07, 6.45) is 0.701. The molecule has 0 heterocycles. The molecule has 18 heavy (non-hydrogen) atoms. The van der Waals surface area contributed by atoms with Crippen LogP contribution < -0.4 is 5.32 Å². The molecule has 1 unspecified atom stereocenters. The molecule has 0 saturated heterocycles. The topological polar surface area (TPSA) is 66.4 Å². The van der Waals surface area contributed by atoms with E-state index in [0.29, 0.717) is 6.42 Å². The molecule has 2 rings (SSSR count). The highest BCUT2D eigenvalue weighted by atomic mass is 16.4. The van der Waals surface area contributed by atoms with Crippen molar-refractivity contribution in [3.63, 3.8) is 0 Å². The fourth-order valence-corrected chi connectivity index (χ4v) is 2.26. The van der Waals surface area contributed by atoms with Crippen molar-refractivity contribution in [3.8, 4) is 0 Å². The first-order valence-electron chi connectivity index (χ1n) is 6.11. The Labute approximate surface area is 106 Å². The molecule has 0 bridgehead atoms. The van der Waals surface area contributed by atoms with Gasteiger partial charge in [0.05, 0.1) is 5.92 Å². The minimum absolute atomic E-state index is 0.123. The highest BCUT2D eigenvalue weighted by Gasteiger charge is 2.34. The van der Waals surface area contributed by atoms with Crippen molar-refractivity contribution in [2.24, 2.45) is 5.92 Å². The Balaban J connectivity index is 2.04. The van der Waals surface area contributed by atoms with E-state index < -0.39 is 12.0 Å². The number of hydrogen-bond acceptors (Lipinski definition) is 2. The van der Waals surface area contributed by atoms with Crippen LogP contribution in [0.3, 0.4) is 0 Å². The summed E-state index contributed by atoms with van der Waals surface area (Å²) in [6.45, 7) is 3.57. The van der Waals surface area contributed by atoms with Gasteiger partial charge >= 0.3 is 5.97 Å². The van der Waals surface area contributed by atoms with Gasteiger partial charge in [-0.3, -0.25) is 4.79 Å². The molecule has 0 aliphatic heterocycles. The lowest BCUT2D eigenvalue weighted by atomic mass is 9.77. The van der Waals surface area contributed by atoms with Gasteiger partial charge < -0.3 is 10.4 Å². The van der Waals surface area contributed by atoms with Gasteiger partial charge in [-0.25, -0.2) is 4.79 Å². The average Bonchev–Trinajstić information content (AvgIpc) is 2.26. The molecule has 1 aromatic carbocycles. The maximum Gasteiger partial charge on any atom is 0.326 e. The second-order valence-corrected chi connectivity index (χ2v) is 5.02. The smallest absolute Gasteiger partial charge is 0.326 e. The molecule has 0 spiro atoms. The summed E-state index contributed by atoms with van der Waals surface area (Å²) in [5, 5.41) is 11.7. The van der Waals surface area contributed by atoms with Crippen LogP contribution in [0.25, 0.3) is 0 Å². The predicted octanol–water partition coefficient (Wildman–Crippen LogP) is 1.55. The molecule has 0 saturated carbocycles. The van der Waals surface area contributed by atoms with E-state index in [0.717, 1.165) is 5.56 Å². The number of rotatable bonds is 4. The lowest BCUT2D eigenvalue weighted by Gasteiger charge is -2.30. The molecular weight excluding hydrogens is 230 g/mol. The number of nitrogens with one attached hydrogen (secondary N) is 1. The summed E-state index contributed by atoms with van der Waals surface area (Å²) in [4.78, 5) is 23.1. The zero-order valence-corrected chi connectivity index (χ0v) is 10.5.